The fraction of sp³-hybridized carbons (Fsp3) is 0.308. The number of halogens is 3. The van der Waals surface area contributed by atoms with E-state index in [-0.39, 0.29) is 48.5 Å². The molecular weight excluding hydrogens is 476 g/mol. The van der Waals surface area contributed by atoms with Crippen LogP contribution < -0.4 is 5.32 Å². The summed E-state index contributed by atoms with van der Waals surface area (Å²) in [6.07, 6.45) is 3.11. The maximum atomic E-state index is 14.1. The number of rotatable bonds is 5. The Labute approximate surface area is 206 Å². The van der Waals surface area contributed by atoms with Gasteiger partial charge in [-0.25, -0.2) is 8.78 Å². The lowest BCUT2D eigenvalue weighted by atomic mass is 9.80. The summed E-state index contributed by atoms with van der Waals surface area (Å²) in [6, 6.07) is 10.5. The third-order valence-corrected chi connectivity index (χ3v) is 6.93. The highest BCUT2D eigenvalue weighted by molar-refractivity contribution is 5.98. The molecule has 0 saturated heterocycles. The summed E-state index contributed by atoms with van der Waals surface area (Å²) in [7, 11) is 0. The minimum atomic E-state index is -0.943. The van der Waals surface area contributed by atoms with E-state index in [1.54, 1.807) is 22.8 Å². The predicted octanol–water partition coefficient (Wildman–Crippen LogP) is 5.67. The Morgan fingerprint density at radius 2 is 1.74 bits per heavy atom. The first-order valence-corrected chi connectivity index (χ1v) is 11.4. The van der Waals surface area contributed by atoms with Crippen molar-refractivity contribution in [3.63, 3.8) is 0 Å². The number of H-pyrrole nitrogens is 1. The van der Waals surface area contributed by atoms with Crippen molar-refractivity contribution >= 4 is 46.1 Å². The van der Waals surface area contributed by atoms with Crippen LogP contribution in [0.1, 0.15) is 53.3 Å². The number of hydrogen-bond acceptors (Lipinski definition) is 2. The topological polar surface area (TPSA) is 87.1 Å². The van der Waals surface area contributed by atoms with E-state index < -0.39 is 5.97 Å². The molecule has 0 unspecified atom stereocenters. The smallest absolute Gasteiger partial charge is 0.323 e. The maximum Gasteiger partial charge on any atom is 0.323 e. The van der Waals surface area contributed by atoms with E-state index in [4.69, 9.17) is 0 Å². The number of aromatic nitrogens is 2. The average molecular weight is 502 g/mol. The summed E-state index contributed by atoms with van der Waals surface area (Å²) in [5.74, 6) is -1.71. The molecule has 35 heavy (non-hydrogen) atoms. The summed E-state index contributed by atoms with van der Waals surface area (Å²) < 4.78 is 29.2. The zero-order chi connectivity index (χ0) is 24.0. The predicted molar refractivity (Wildman–Crippen MR) is 132 cm³/mol. The lowest BCUT2D eigenvalue weighted by Crippen LogP contribution is -2.37. The van der Waals surface area contributed by atoms with E-state index in [1.165, 1.54) is 24.3 Å². The molecule has 1 amide bonds. The summed E-state index contributed by atoms with van der Waals surface area (Å²) >= 11 is 0. The zero-order valence-corrected chi connectivity index (χ0v) is 19.9. The molecule has 4 aromatic rings. The molecule has 1 aliphatic rings. The third-order valence-electron chi connectivity index (χ3n) is 6.93. The van der Waals surface area contributed by atoms with Gasteiger partial charge in [-0.1, -0.05) is 0 Å². The van der Waals surface area contributed by atoms with Gasteiger partial charge < -0.3 is 20.0 Å². The van der Waals surface area contributed by atoms with Crippen LogP contribution in [-0.2, 0) is 11.3 Å². The van der Waals surface area contributed by atoms with Crippen LogP contribution in [0, 0.1) is 18.6 Å². The maximum absolute atomic E-state index is 14.1. The monoisotopic (exact) mass is 501 g/mol. The summed E-state index contributed by atoms with van der Waals surface area (Å²) in [5, 5.41) is 13.8. The van der Waals surface area contributed by atoms with E-state index in [9.17, 15) is 23.5 Å². The first-order valence-electron chi connectivity index (χ1n) is 11.4. The highest BCUT2D eigenvalue weighted by atomic mass is 35.5. The van der Waals surface area contributed by atoms with E-state index >= 15 is 0 Å². The Hall–Kier alpha value is -3.39. The van der Waals surface area contributed by atoms with Gasteiger partial charge >= 0.3 is 5.97 Å². The highest BCUT2D eigenvalue weighted by Crippen LogP contribution is 2.40. The molecule has 2 aromatic heterocycles. The first-order chi connectivity index (χ1) is 16.3. The van der Waals surface area contributed by atoms with Crippen molar-refractivity contribution in [2.45, 2.75) is 51.1 Å². The van der Waals surface area contributed by atoms with Gasteiger partial charge in [0.25, 0.3) is 5.91 Å². The molecule has 0 aliphatic heterocycles. The summed E-state index contributed by atoms with van der Waals surface area (Å²) in [4.78, 5) is 27.2. The van der Waals surface area contributed by atoms with Crippen molar-refractivity contribution in [1.29, 1.82) is 0 Å². The quantitative estimate of drug-likeness (QED) is 0.329. The molecule has 0 radical (unpaired) electrons. The van der Waals surface area contributed by atoms with Crippen molar-refractivity contribution in [2.75, 3.05) is 0 Å². The van der Waals surface area contributed by atoms with Gasteiger partial charge in [-0.15, -0.1) is 12.4 Å². The molecule has 0 bridgehead atoms. The second kappa shape index (κ2) is 9.70. The standard InChI is InChI=1S/C26H25F2N3O3.ClH/c1-14-25(20-12-18(28)5-9-23(20)31(14)13-24(32)33)15-2-6-19(7-3-15)29-26(34)22-11-16-10-17(27)4-8-21(16)30-22;/h4-5,8-12,15,19,30H,2-3,6-7,13H2,1H3,(H,29,34)(H,32,33);1H. The van der Waals surface area contributed by atoms with Crippen molar-refractivity contribution in [3.8, 4) is 0 Å². The van der Waals surface area contributed by atoms with Gasteiger partial charge in [0, 0.05) is 33.5 Å². The number of carboxylic acids is 1. The fourth-order valence-electron chi connectivity index (χ4n) is 5.35. The van der Waals surface area contributed by atoms with Gasteiger partial charge in [0.15, 0.2) is 0 Å². The second-order valence-corrected chi connectivity index (χ2v) is 9.08. The summed E-state index contributed by atoms with van der Waals surface area (Å²) in [5.41, 5.74) is 3.67. The Balaban J connectivity index is 0.00000289. The van der Waals surface area contributed by atoms with Crippen molar-refractivity contribution < 1.29 is 23.5 Å². The number of nitrogens with one attached hydrogen (secondary N) is 2. The zero-order valence-electron chi connectivity index (χ0n) is 19.1. The minimum Gasteiger partial charge on any atom is -0.480 e. The molecule has 6 nitrogen and oxygen atoms in total. The molecule has 5 rings (SSSR count). The third kappa shape index (κ3) is 4.75. The minimum absolute atomic E-state index is 0. The number of benzene rings is 2. The van der Waals surface area contributed by atoms with Crippen molar-refractivity contribution in [3.05, 3.63) is 71.1 Å². The Morgan fingerprint density at radius 1 is 1.06 bits per heavy atom. The molecule has 184 valence electrons. The Bertz CT molecular complexity index is 1420. The molecule has 3 N–H and O–H groups in total. The van der Waals surface area contributed by atoms with Crippen LogP contribution in [0.5, 0.6) is 0 Å². The SMILES string of the molecule is Cc1c(C2CCC(NC(=O)c3cc4cc(F)ccc4[nH]3)CC2)c2cc(F)ccc2n1CC(=O)O.Cl. The number of carbonyl (C=O) groups is 2. The number of hydrogen-bond donors (Lipinski definition) is 3. The normalized spacial score (nSPS) is 17.9. The van der Waals surface area contributed by atoms with Gasteiger partial charge in [-0.2, -0.15) is 0 Å². The second-order valence-electron chi connectivity index (χ2n) is 9.08. The van der Waals surface area contributed by atoms with Gasteiger partial charge in [-0.3, -0.25) is 9.59 Å². The van der Waals surface area contributed by atoms with Gasteiger partial charge in [-0.05, 0) is 86.6 Å². The molecule has 9 heteroatoms. The largest absolute Gasteiger partial charge is 0.480 e. The lowest BCUT2D eigenvalue weighted by molar-refractivity contribution is -0.137. The number of carboxylic acid groups (broad SMARTS) is 1. The average Bonchev–Trinajstić information content (AvgIpc) is 3.33. The molecule has 0 spiro atoms. The molecular formula is C26H26ClF2N3O3. The molecule has 1 fully saturated rings. The van der Waals surface area contributed by atoms with Crippen LogP contribution in [-0.4, -0.2) is 32.6 Å². The molecule has 0 atom stereocenters. The highest BCUT2D eigenvalue weighted by Gasteiger charge is 2.29. The van der Waals surface area contributed by atoms with E-state index in [0.717, 1.165) is 47.8 Å². The van der Waals surface area contributed by atoms with Crippen LogP contribution in [0.4, 0.5) is 8.78 Å². The number of aliphatic carboxylic acids is 1. The van der Waals surface area contributed by atoms with Gasteiger partial charge in [0.05, 0.1) is 0 Å². The lowest BCUT2D eigenvalue weighted by Gasteiger charge is -2.29. The van der Waals surface area contributed by atoms with E-state index in [1.807, 2.05) is 6.92 Å². The van der Waals surface area contributed by atoms with Crippen LogP contribution >= 0.6 is 12.4 Å². The Morgan fingerprint density at radius 3 is 2.46 bits per heavy atom. The number of fused-ring (bicyclic) bond motifs is 2. The molecule has 1 aliphatic carbocycles. The molecule has 2 aromatic carbocycles. The van der Waals surface area contributed by atoms with Gasteiger partial charge in [0.2, 0.25) is 0 Å². The van der Waals surface area contributed by atoms with Crippen LogP contribution in [0.3, 0.4) is 0 Å². The van der Waals surface area contributed by atoms with E-state index in [2.05, 4.69) is 10.3 Å². The Kier molecular flexibility index (Phi) is 6.85. The van der Waals surface area contributed by atoms with Crippen LogP contribution in [0.2, 0.25) is 0 Å². The van der Waals surface area contributed by atoms with E-state index in [0.29, 0.717) is 16.6 Å². The van der Waals surface area contributed by atoms with Gasteiger partial charge in [0.1, 0.15) is 23.9 Å². The number of nitrogens with zero attached hydrogens (tertiary/aromatic N) is 1. The number of carbonyl (C=O) groups excluding carboxylic acids is 1. The summed E-state index contributed by atoms with van der Waals surface area (Å²) in [6.45, 7) is 1.72. The van der Waals surface area contributed by atoms with Crippen molar-refractivity contribution in [1.82, 2.24) is 14.9 Å². The molecule has 1 saturated carbocycles. The number of aromatic amines is 1. The number of amides is 1. The molecule has 2 heterocycles. The van der Waals surface area contributed by atoms with Crippen LogP contribution in [0.25, 0.3) is 21.8 Å². The van der Waals surface area contributed by atoms with Crippen LogP contribution in [0.15, 0.2) is 42.5 Å². The first kappa shape index (κ1) is 24.7. The van der Waals surface area contributed by atoms with Crippen molar-refractivity contribution in [2.24, 2.45) is 0 Å². The fourth-order valence-corrected chi connectivity index (χ4v) is 5.35.